The summed E-state index contributed by atoms with van der Waals surface area (Å²) in [5, 5.41) is 12.2. The first-order valence-corrected chi connectivity index (χ1v) is 5.44. The van der Waals surface area contributed by atoms with E-state index in [9.17, 15) is 0 Å². The van der Waals surface area contributed by atoms with Gasteiger partial charge in [-0.3, -0.25) is 0 Å². The minimum absolute atomic E-state index is 0.296. The summed E-state index contributed by atoms with van der Waals surface area (Å²) in [6.45, 7) is 1.54. The standard InChI is InChI=1S/C12H15N3O/c13-7-9-3-1-5-11(12(9)14)15-10-4-2-6-16-8-10/h1,3,5,10,15H,2,4,6,8,14H2. The van der Waals surface area contributed by atoms with Gasteiger partial charge in [0.1, 0.15) is 6.07 Å². The molecule has 2 rings (SSSR count). The number of rotatable bonds is 2. The molecule has 1 atom stereocenters. The monoisotopic (exact) mass is 217 g/mol. The molecule has 0 amide bonds. The van der Waals surface area contributed by atoms with Gasteiger partial charge in [-0.25, -0.2) is 0 Å². The summed E-state index contributed by atoms with van der Waals surface area (Å²) >= 11 is 0. The molecule has 4 nitrogen and oxygen atoms in total. The highest BCUT2D eigenvalue weighted by atomic mass is 16.5. The quantitative estimate of drug-likeness (QED) is 0.740. The second-order valence-electron chi connectivity index (χ2n) is 3.94. The Kier molecular flexibility index (Phi) is 3.28. The lowest BCUT2D eigenvalue weighted by molar-refractivity contribution is 0.0876. The average molecular weight is 217 g/mol. The van der Waals surface area contributed by atoms with Crippen molar-refractivity contribution in [2.45, 2.75) is 18.9 Å². The summed E-state index contributed by atoms with van der Waals surface area (Å²) in [6.07, 6.45) is 2.14. The van der Waals surface area contributed by atoms with Crippen LogP contribution in [0.4, 0.5) is 11.4 Å². The zero-order valence-electron chi connectivity index (χ0n) is 9.07. The van der Waals surface area contributed by atoms with Gasteiger partial charge in [0.15, 0.2) is 0 Å². The number of nitrogens with two attached hydrogens (primary N) is 1. The molecule has 0 radical (unpaired) electrons. The van der Waals surface area contributed by atoms with Gasteiger partial charge in [0.25, 0.3) is 0 Å². The molecule has 0 bridgehead atoms. The lowest BCUT2D eigenvalue weighted by atomic mass is 10.1. The summed E-state index contributed by atoms with van der Waals surface area (Å²) in [6, 6.07) is 7.82. The maximum atomic E-state index is 8.87. The summed E-state index contributed by atoms with van der Waals surface area (Å²) in [4.78, 5) is 0. The fourth-order valence-corrected chi connectivity index (χ4v) is 1.86. The predicted octanol–water partition coefficient (Wildman–Crippen LogP) is 1.73. The molecule has 1 aliphatic rings. The van der Waals surface area contributed by atoms with Crippen LogP contribution in [-0.4, -0.2) is 19.3 Å². The molecule has 3 N–H and O–H groups in total. The number of nitrogens with one attached hydrogen (secondary N) is 1. The molecule has 1 unspecified atom stereocenters. The molecule has 1 heterocycles. The SMILES string of the molecule is N#Cc1cccc(NC2CCCOC2)c1N. The lowest BCUT2D eigenvalue weighted by Gasteiger charge is -2.24. The number of nitrogens with zero attached hydrogens (tertiary/aromatic N) is 1. The molecule has 0 aromatic heterocycles. The fraction of sp³-hybridized carbons (Fsp3) is 0.417. The predicted molar refractivity (Wildman–Crippen MR) is 63.0 cm³/mol. The van der Waals surface area contributed by atoms with Gasteiger partial charge in [0, 0.05) is 12.6 Å². The van der Waals surface area contributed by atoms with Crippen LogP contribution in [0.1, 0.15) is 18.4 Å². The highest BCUT2D eigenvalue weighted by Gasteiger charge is 2.15. The zero-order chi connectivity index (χ0) is 11.4. The average Bonchev–Trinajstić information content (AvgIpc) is 2.33. The number of nitrogen functional groups attached to an aromatic ring is 1. The zero-order valence-corrected chi connectivity index (χ0v) is 9.07. The normalized spacial score (nSPS) is 20.1. The van der Waals surface area contributed by atoms with Crippen molar-refractivity contribution < 1.29 is 4.74 Å². The topological polar surface area (TPSA) is 71.1 Å². The third-order valence-corrected chi connectivity index (χ3v) is 2.75. The first-order chi connectivity index (χ1) is 7.81. The maximum absolute atomic E-state index is 8.87. The smallest absolute Gasteiger partial charge is 0.101 e. The number of benzene rings is 1. The molecule has 84 valence electrons. The molecular formula is C12H15N3O. The molecule has 1 saturated heterocycles. The van der Waals surface area contributed by atoms with Crippen LogP contribution in [0, 0.1) is 11.3 Å². The van der Waals surface area contributed by atoms with E-state index in [0.717, 1.165) is 25.1 Å². The Balaban J connectivity index is 2.12. The molecule has 0 spiro atoms. The number of anilines is 2. The van der Waals surface area contributed by atoms with E-state index in [-0.39, 0.29) is 0 Å². The first kappa shape index (κ1) is 10.8. The van der Waals surface area contributed by atoms with E-state index in [0.29, 0.717) is 23.9 Å². The lowest BCUT2D eigenvalue weighted by Crippen LogP contribution is -2.30. The third kappa shape index (κ3) is 2.26. The number of ether oxygens (including phenoxy) is 1. The van der Waals surface area contributed by atoms with E-state index in [1.807, 2.05) is 12.1 Å². The van der Waals surface area contributed by atoms with Crippen LogP contribution in [-0.2, 0) is 4.74 Å². The maximum Gasteiger partial charge on any atom is 0.101 e. The second kappa shape index (κ2) is 4.86. The number of para-hydroxylation sites is 1. The van der Waals surface area contributed by atoms with Crippen molar-refractivity contribution in [3.05, 3.63) is 23.8 Å². The molecular weight excluding hydrogens is 202 g/mol. The largest absolute Gasteiger partial charge is 0.396 e. The van der Waals surface area contributed by atoms with Crippen molar-refractivity contribution in [1.29, 1.82) is 5.26 Å². The van der Waals surface area contributed by atoms with Crippen LogP contribution >= 0.6 is 0 Å². The van der Waals surface area contributed by atoms with Gasteiger partial charge in [0.05, 0.1) is 23.5 Å². The van der Waals surface area contributed by atoms with E-state index in [2.05, 4.69) is 11.4 Å². The van der Waals surface area contributed by atoms with Gasteiger partial charge < -0.3 is 15.8 Å². The van der Waals surface area contributed by atoms with Gasteiger partial charge in [-0.1, -0.05) is 6.07 Å². The molecule has 16 heavy (non-hydrogen) atoms. The second-order valence-corrected chi connectivity index (χ2v) is 3.94. The summed E-state index contributed by atoms with van der Waals surface area (Å²) in [5.74, 6) is 0. The first-order valence-electron chi connectivity index (χ1n) is 5.44. The summed E-state index contributed by atoms with van der Waals surface area (Å²) in [7, 11) is 0. The van der Waals surface area contributed by atoms with Crippen molar-refractivity contribution in [2.24, 2.45) is 0 Å². The van der Waals surface area contributed by atoms with Crippen molar-refractivity contribution in [3.8, 4) is 6.07 Å². The van der Waals surface area contributed by atoms with Crippen LogP contribution in [0.2, 0.25) is 0 Å². The van der Waals surface area contributed by atoms with E-state index in [1.165, 1.54) is 0 Å². The van der Waals surface area contributed by atoms with Gasteiger partial charge in [0.2, 0.25) is 0 Å². The highest BCUT2D eigenvalue weighted by molar-refractivity contribution is 5.73. The van der Waals surface area contributed by atoms with Gasteiger partial charge >= 0.3 is 0 Å². The summed E-state index contributed by atoms with van der Waals surface area (Å²) in [5.41, 5.74) is 7.75. The number of hydrogen-bond donors (Lipinski definition) is 2. The van der Waals surface area contributed by atoms with Crippen molar-refractivity contribution >= 4 is 11.4 Å². The van der Waals surface area contributed by atoms with E-state index in [4.69, 9.17) is 15.7 Å². The Bertz CT molecular complexity index is 405. The van der Waals surface area contributed by atoms with Crippen molar-refractivity contribution in [1.82, 2.24) is 0 Å². The Morgan fingerprint density at radius 3 is 3.06 bits per heavy atom. The van der Waals surface area contributed by atoms with E-state index < -0.39 is 0 Å². The Morgan fingerprint density at radius 2 is 2.38 bits per heavy atom. The van der Waals surface area contributed by atoms with Gasteiger partial charge in [-0.2, -0.15) is 5.26 Å². The highest BCUT2D eigenvalue weighted by Crippen LogP contribution is 2.24. The van der Waals surface area contributed by atoms with Crippen LogP contribution in [0.25, 0.3) is 0 Å². The molecule has 0 saturated carbocycles. The Hall–Kier alpha value is -1.73. The molecule has 1 aromatic carbocycles. The van der Waals surface area contributed by atoms with Crippen LogP contribution < -0.4 is 11.1 Å². The van der Waals surface area contributed by atoms with Crippen LogP contribution in [0.15, 0.2) is 18.2 Å². The van der Waals surface area contributed by atoms with Gasteiger partial charge in [-0.05, 0) is 25.0 Å². The van der Waals surface area contributed by atoms with Crippen LogP contribution in [0.3, 0.4) is 0 Å². The van der Waals surface area contributed by atoms with E-state index in [1.54, 1.807) is 6.07 Å². The minimum Gasteiger partial charge on any atom is -0.396 e. The molecule has 0 aliphatic carbocycles. The molecule has 1 fully saturated rings. The van der Waals surface area contributed by atoms with E-state index >= 15 is 0 Å². The minimum atomic E-state index is 0.296. The Labute approximate surface area is 95.0 Å². The molecule has 4 heteroatoms. The Morgan fingerprint density at radius 1 is 1.50 bits per heavy atom. The third-order valence-electron chi connectivity index (χ3n) is 2.75. The number of nitriles is 1. The number of hydrogen-bond acceptors (Lipinski definition) is 4. The molecule has 1 aliphatic heterocycles. The van der Waals surface area contributed by atoms with Crippen LogP contribution in [0.5, 0.6) is 0 Å². The fourth-order valence-electron chi connectivity index (χ4n) is 1.86. The van der Waals surface area contributed by atoms with Crippen molar-refractivity contribution in [3.63, 3.8) is 0 Å². The van der Waals surface area contributed by atoms with Crippen molar-refractivity contribution in [2.75, 3.05) is 24.3 Å². The van der Waals surface area contributed by atoms with Gasteiger partial charge in [-0.15, -0.1) is 0 Å². The summed E-state index contributed by atoms with van der Waals surface area (Å²) < 4.78 is 5.38. The molecule has 1 aromatic rings.